The summed E-state index contributed by atoms with van der Waals surface area (Å²) in [4.78, 5) is 14.5. The van der Waals surface area contributed by atoms with Gasteiger partial charge in [0.2, 0.25) is 5.91 Å². The first kappa shape index (κ1) is 14.8. The first-order chi connectivity index (χ1) is 10.6. The lowest BCUT2D eigenvalue weighted by atomic mass is 9.90. The molecule has 1 saturated heterocycles. The van der Waals surface area contributed by atoms with Gasteiger partial charge in [0.05, 0.1) is 12.1 Å². The van der Waals surface area contributed by atoms with E-state index in [-0.39, 0.29) is 23.7 Å². The summed E-state index contributed by atoms with van der Waals surface area (Å²) in [5, 5.41) is 3.80. The standard InChI is InChI=1S/C17H19FN2O2/c1-17(12-13-4-2-5-14(18)10-13)7-3-8-20(17)16(21)11-15-6-9-22-19-15/h2,4-6,9-10H,3,7-8,11-12H2,1H3. The number of carbonyl (C=O) groups is 1. The quantitative estimate of drug-likeness (QED) is 0.872. The van der Waals surface area contributed by atoms with Gasteiger partial charge >= 0.3 is 0 Å². The highest BCUT2D eigenvalue weighted by atomic mass is 19.1. The van der Waals surface area contributed by atoms with Gasteiger partial charge in [-0.3, -0.25) is 4.79 Å². The molecule has 0 radical (unpaired) electrons. The molecule has 1 aliphatic rings. The van der Waals surface area contributed by atoms with Crippen molar-refractivity contribution in [2.45, 2.75) is 38.1 Å². The molecule has 1 aromatic carbocycles. The van der Waals surface area contributed by atoms with E-state index < -0.39 is 0 Å². The number of hydrogen-bond donors (Lipinski definition) is 0. The number of likely N-dealkylation sites (tertiary alicyclic amines) is 1. The summed E-state index contributed by atoms with van der Waals surface area (Å²) in [6.45, 7) is 2.81. The number of amides is 1. The average molecular weight is 302 g/mol. The van der Waals surface area contributed by atoms with Gasteiger partial charge in [0, 0.05) is 18.2 Å². The fourth-order valence-electron chi connectivity index (χ4n) is 3.30. The third kappa shape index (κ3) is 3.03. The summed E-state index contributed by atoms with van der Waals surface area (Å²) in [6, 6.07) is 8.31. The summed E-state index contributed by atoms with van der Waals surface area (Å²) in [5.74, 6) is -0.190. The average Bonchev–Trinajstić information content (AvgIpc) is 3.08. The molecular weight excluding hydrogens is 283 g/mol. The maximum absolute atomic E-state index is 13.4. The van der Waals surface area contributed by atoms with Crippen molar-refractivity contribution in [2.75, 3.05) is 6.54 Å². The summed E-state index contributed by atoms with van der Waals surface area (Å²) < 4.78 is 18.2. The van der Waals surface area contributed by atoms with Gasteiger partial charge in [-0.1, -0.05) is 17.3 Å². The molecule has 0 spiro atoms. The Labute approximate surface area is 128 Å². The van der Waals surface area contributed by atoms with E-state index in [1.165, 1.54) is 12.3 Å². The van der Waals surface area contributed by atoms with Crippen LogP contribution in [0.1, 0.15) is 31.0 Å². The van der Waals surface area contributed by atoms with E-state index in [0.717, 1.165) is 24.9 Å². The number of aromatic nitrogens is 1. The highest BCUT2D eigenvalue weighted by Crippen LogP contribution is 2.33. The minimum absolute atomic E-state index is 0.0466. The molecule has 0 aliphatic carbocycles. The Hall–Kier alpha value is -2.17. The molecule has 1 atom stereocenters. The van der Waals surface area contributed by atoms with Crippen molar-refractivity contribution in [3.63, 3.8) is 0 Å². The maximum atomic E-state index is 13.4. The van der Waals surface area contributed by atoms with E-state index in [0.29, 0.717) is 12.1 Å². The third-order valence-electron chi connectivity index (χ3n) is 4.35. The second-order valence-electron chi connectivity index (χ2n) is 6.12. The van der Waals surface area contributed by atoms with Gasteiger partial charge < -0.3 is 9.42 Å². The number of hydrogen-bond acceptors (Lipinski definition) is 3. The smallest absolute Gasteiger partial charge is 0.229 e. The van der Waals surface area contributed by atoms with E-state index in [4.69, 9.17) is 4.52 Å². The highest BCUT2D eigenvalue weighted by molar-refractivity contribution is 5.79. The summed E-state index contributed by atoms with van der Waals surface area (Å²) in [7, 11) is 0. The van der Waals surface area contributed by atoms with E-state index in [2.05, 4.69) is 12.1 Å². The first-order valence-corrected chi connectivity index (χ1v) is 7.51. The number of nitrogens with zero attached hydrogens (tertiary/aromatic N) is 2. The summed E-state index contributed by atoms with van der Waals surface area (Å²) in [6.07, 6.45) is 4.27. The minimum Gasteiger partial charge on any atom is -0.364 e. The van der Waals surface area contributed by atoms with Crippen LogP contribution in [0.25, 0.3) is 0 Å². The lowest BCUT2D eigenvalue weighted by Crippen LogP contribution is -2.47. The summed E-state index contributed by atoms with van der Waals surface area (Å²) in [5.41, 5.74) is 1.29. The van der Waals surface area contributed by atoms with Gasteiger partial charge in [-0.05, 0) is 43.9 Å². The van der Waals surface area contributed by atoms with Crippen LogP contribution in [-0.2, 0) is 17.6 Å². The summed E-state index contributed by atoms with van der Waals surface area (Å²) >= 11 is 0. The van der Waals surface area contributed by atoms with E-state index >= 15 is 0 Å². The zero-order valence-electron chi connectivity index (χ0n) is 12.6. The molecule has 2 heterocycles. The van der Waals surface area contributed by atoms with Crippen molar-refractivity contribution in [1.29, 1.82) is 0 Å². The molecule has 116 valence electrons. The van der Waals surface area contributed by atoms with Crippen molar-refractivity contribution < 1.29 is 13.7 Å². The lowest BCUT2D eigenvalue weighted by molar-refractivity contribution is -0.134. The molecule has 1 aliphatic heterocycles. The van der Waals surface area contributed by atoms with Gasteiger partial charge in [0.25, 0.3) is 0 Å². The fraction of sp³-hybridized carbons (Fsp3) is 0.412. The Kier molecular flexibility index (Phi) is 3.96. The molecule has 2 aromatic rings. The molecule has 0 N–H and O–H groups in total. The Morgan fingerprint density at radius 2 is 2.32 bits per heavy atom. The maximum Gasteiger partial charge on any atom is 0.229 e. The topological polar surface area (TPSA) is 46.3 Å². The van der Waals surface area contributed by atoms with Crippen LogP contribution in [0.15, 0.2) is 41.1 Å². The molecular formula is C17H19FN2O2. The van der Waals surface area contributed by atoms with Crippen molar-refractivity contribution in [3.05, 3.63) is 53.7 Å². The molecule has 1 aromatic heterocycles. The van der Waals surface area contributed by atoms with Crippen LogP contribution >= 0.6 is 0 Å². The Balaban J connectivity index is 1.74. The van der Waals surface area contributed by atoms with E-state index in [1.807, 2.05) is 11.0 Å². The molecule has 1 amide bonds. The van der Waals surface area contributed by atoms with Crippen LogP contribution in [0.5, 0.6) is 0 Å². The first-order valence-electron chi connectivity index (χ1n) is 7.51. The Bertz CT molecular complexity index is 656. The zero-order valence-corrected chi connectivity index (χ0v) is 12.6. The van der Waals surface area contributed by atoms with Crippen LogP contribution < -0.4 is 0 Å². The Morgan fingerprint density at radius 1 is 1.45 bits per heavy atom. The molecule has 0 bridgehead atoms. The third-order valence-corrected chi connectivity index (χ3v) is 4.35. The molecule has 1 unspecified atom stereocenters. The highest BCUT2D eigenvalue weighted by Gasteiger charge is 2.39. The normalized spacial score (nSPS) is 21.3. The second-order valence-corrected chi connectivity index (χ2v) is 6.12. The van der Waals surface area contributed by atoms with Crippen molar-refractivity contribution >= 4 is 5.91 Å². The zero-order chi connectivity index (χ0) is 15.6. The molecule has 22 heavy (non-hydrogen) atoms. The van der Waals surface area contributed by atoms with Gasteiger partial charge in [-0.2, -0.15) is 0 Å². The largest absolute Gasteiger partial charge is 0.364 e. The van der Waals surface area contributed by atoms with E-state index in [9.17, 15) is 9.18 Å². The van der Waals surface area contributed by atoms with Crippen molar-refractivity contribution in [2.24, 2.45) is 0 Å². The number of benzene rings is 1. The van der Waals surface area contributed by atoms with E-state index in [1.54, 1.807) is 18.2 Å². The van der Waals surface area contributed by atoms with Gasteiger partial charge in [0.15, 0.2) is 0 Å². The molecule has 5 heteroatoms. The van der Waals surface area contributed by atoms with Crippen LogP contribution in [0.2, 0.25) is 0 Å². The minimum atomic E-state index is -0.269. The van der Waals surface area contributed by atoms with Crippen molar-refractivity contribution in [1.82, 2.24) is 10.1 Å². The number of carbonyl (C=O) groups excluding carboxylic acids is 1. The number of rotatable bonds is 4. The van der Waals surface area contributed by atoms with Gasteiger partial charge in [-0.25, -0.2) is 4.39 Å². The lowest BCUT2D eigenvalue weighted by Gasteiger charge is -2.35. The van der Waals surface area contributed by atoms with Crippen LogP contribution in [0.4, 0.5) is 4.39 Å². The monoisotopic (exact) mass is 302 g/mol. The molecule has 1 fully saturated rings. The van der Waals surface area contributed by atoms with Crippen LogP contribution in [0.3, 0.4) is 0 Å². The van der Waals surface area contributed by atoms with Crippen molar-refractivity contribution in [3.8, 4) is 0 Å². The molecule has 3 rings (SSSR count). The van der Waals surface area contributed by atoms with Crippen LogP contribution in [0, 0.1) is 5.82 Å². The fourth-order valence-corrected chi connectivity index (χ4v) is 3.30. The van der Waals surface area contributed by atoms with Crippen LogP contribution in [-0.4, -0.2) is 28.0 Å². The predicted molar refractivity (Wildman–Crippen MR) is 79.7 cm³/mol. The second kappa shape index (κ2) is 5.91. The molecule has 4 nitrogen and oxygen atoms in total. The predicted octanol–water partition coefficient (Wildman–Crippen LogP) is 2.98. The SMILES string of the molecule is CC1(Cc2cccc(F)c2)CCCN1C(=O)Cc1ccon1. The number of halogens is 1. The van der Waals surface area contributed by atoms with Gasteiger partial charge in [0.1, 0.15) is 12.1 Å². The molecule has 0 saturated carbocycles. The Morgan fingerprint density at radius 3 is 3.05 bits per heavy atom. The van der Waals surface area contributed by atoms with Gasteiger partial charge in [-0.15, -0.1) is 0 Å².